The fourth-order valence-electron chi connectivity index (χ4n) is 1.42. The number of nitrogens with zero attached hydrogens (tertiary/aromatic N) is 3. The van der Waals surface area contributed by atoms with Crippen LogP contribution in [0.15, 0.2) is 18.3 Å². The Balaban J connectivity index is 2.16. The molecule has 2 aromatic rings. The SMILES string of the molecule is O=C(O)Cn1cc(C(=O)Nc2cc(Cl)c(Cl)cc2Cl)nn1. The lowest BCUT2D eigenvalue weighted by molar-refractivity contribution is -0.137. The second-order valence-corrected chi connectivity index (χ2v) is 5.12. The summed E-state index contributed by atoms with van der Waals surface area (Å²) in [6.07, 6.45) is 1.20. The number of benzene rings is 1. The number of rotatable bonds is 4. The molecule has 0 unspecified atom stereocenters. The van der Waals surface area contributed by atoms with Crippen molar-refractivity contribution < 1.29 is 14.7 Å². The third-order valence-electron chi connectivity index (χ3n) is 2.33. The largest absolute Gasteiger partial charge is 0.480 e. The van der Waals surface area contributed by atoms with Gasteiger partial charge >= 0.3 is 5.97 Å². The van der Waals surface area contributed by atoms with E-state index in [9.17, 15) is 9.59 Å². The quantitative estimate of drug-likeness (QED) is 0.827. The van der Waals surface area contributed by atoms with Crippen LogP contribution >= 0.6 is 34.8 Å². The van der Waals surface area contributed by atoms with E-state index in [1.165, 1.54) is 18.3 Å². The first-order chi connectivity index (χ1) is 9.86. The first kappa shape index (κ1) is 15.6. The molecule has 0 bridgehead atoms. The zero-order chi connectivity index (χ0) is 15.6. The van der Waals surface area contributed by atoms with Crippen molar-refractivity contribution in [2.45, 2.75) is 6.54 Å². The second-order valence-electron chi connectivity index (χ2n) is 3.90. The maximum atomic E-state index is 12.0. The van der Waals surface area contributed by atoms with Crippen molar-refractivity contribution >= 4 is 52.4 Å². The van der Waals surface area contributed by atoms with Gasteiger partial charge in [-0.1, -0.05) is 40.0 Å². The first-order valence-electron chi connectivity index (χ1n) is 5.44. The molecule has 110 valence electrons. The molecular formula is C11H7Cl3N4O3. The van der Waals surface area contributed by atoms with Crippen molar-refractivity contribution in [2.24, 2.45) is 0 Å². The van der Waals surface area contributed by atoms with Crippen molar-refractivity contribution in [3.8, 4) is 0 Å². The molecule has 10 heteroatoms. The maximum Gasteiger partial charge on any atom is 0.325 e. The molecule has 7 nitrogen and oxygen atoms in total. The first-order valence-corrected chi connectivity index (χ1v) is 6.58. The molecule has 0 aliphatic rings. The number of hydrogen-bond acceptors (Lipinski definition) is 4. The van der Waals surface area contributed by atoms with E-state index < -0.39 is 18.4 Å². The predicted octanol–water partition coefficient (Wildman–Crippen LogP) is 2.58. The van der Waals surface area contributed by atoms with Gasteiger partial charge in [0, 0.05) is 0 Å². The van der Waals surface area contributed by atoms with E-state index in [1.54, 1.807) is 0 Å². The maximum absolute atomic E-state index is 12.0. The number of nitrogens with one attached hydrogen (secondary N) is 1. The number of hydrogen-bond donors (Lipinski definition) is 2. The van der Waals surface area contributed by atoms with Crippen LogP contribution in [0.2, 0.25) is 15.1 Å². The van der Waals surface area contributed by atoms with Gasteiger partial charge in [-0.25, -0.2) is 4.68 Å². The van der Waals surface area contributed by atoms with Crippen LogP contribution < -0.4 is 5.32 Å². The zero-order valence-corrected chi connectivity index (χ0v) is 12.4. The number of carboxylic acid groups (broad SMARTS) is 1. The van der Waals surface area contributed by atoms with E-state index in [2.05, 4.69) is 15.6 Å². The summed E-state index contributed by atoms with van der Waals surface area (Å²) in [4.78, 5) is 22.5. The Morgan fingerprint density at radius 1 is 1.19 bits per heavy atom. The van der Waals surface area contributed by atoms with Crippen LogP contribution in [-0.4, -0.2) is 32.0 Å². The molecule has 0 saturated heterocycles. The monoisotopic (exact) mass is 348 g/mol. The molecular weight excluding hydrogens is 343 g/mol. The van der Waals surface area contributed by atoms with Crippen LogP contribution in [0.3, 0.4) is 0 Å². The summed E-state index contributed by atoms with van der Waals surface area (Å²) in [5.74, 6) is -1.70. The molecule has 0 aliphatic heterocycles. The number of carbonyl (C=O) groups is 2. The lowest BCUT2D eigenvalue weighted by atomic mass is 10.3. The van der Waals surface area contributed by atoms with Gasteiger partial charge in [-0.3, -0.25) is 9.59 Å². The fraction of sp³-hybridized carbons (Fsp3) is 0.0909. The lowest BCUT2D eigenvalue weighted by Gasteiger charge is -2.07. The van der Waals surface area contributed by atoms with E-state index in [0.717, 1.165) is 4.68 Å². The molecule has 1 amide bonds. The molecule has 1 aromatic heterocycles. The number of halogens is 3. The van der Waals surface area contributed by atoms with Crippen molar-refractivity contribution in [3.05, 3.63) is 39.1 Å². The van der Waals surface area contributed by atoms with Crippen LogP contribution in [0.4, 0.5) is 5.69 Å². The van der Waals surface area contributed by atoms with E-state index in [1.807, 2.05) is 0 Å². The Hall–Kier alpha value is -1.83. The topological polar surface area (TPSA) is 97.1 Å². The molecule has 0 aliphatic carbocycles. The third-order valence-corrected chi connectivity index (χ3v) is 3.36. The minimum Gasteiger partial charge on any atom is -0.480 e. The van der Waals surface area contributed by atoms with Gasteiger partial charge in [-0.2, -0.15) is 0 Å². The van der Waals surface area contributed by atoms with Gasteiger partial charge < -0.3 is 10.4 Å². The molecule has 0 radical (unpaired) electrons. The Bertz CT molecular complexity index is 717. The molecule has 2 N–H and O–H groups in total. The molecule has 0 fully saturated rings. The van der Waals surface area contributed by atoms with Crippen molar-refractivity contribution in [3.63, 3.8) is 0 Å². The van der Waals surface area contributed by atoms with Crippen LogP contribution in [-0.2, 0) is 11.3 Å². The summed E-state index contributed by atoms with van der Waals surface area (Å²) in [7, 11) is 0. The minimum atomic E-state index is -1.10. The van der Waals surface area contributed by atoms with Crippen LogP contribution in [0.5, 0.6) is 0 Å². The van der Waals surface area contributed by atoms with Crippen molar-refractivity contribution in [1.82, 2.24) is 15.0 Å². The highest BCUT2D eigenvalue weighted by molar-refractivity contribution is 6.44. The Kier molecular flexibility index (Phi) is 4.66. The summed E-state index contributed by atoms with van der Waals surface area (Å²) in [5.41, 5.74) is 0.197. The average molecular weight is 350 g/mol. The van der Waals surface area contributed by atoms with Crippen molar-refractivity contribution in [1.29, 1.82) is 0 Å². The summed E-state index contributed by atoms with van der Waals surface area (Å²) < 4.78 is 1.02. The highest BCUT2D eigenvalue weighted by Crippen LogP contribution is 2.32. The highest BCUT2D eigenvalue weighted by Gasteiger charge is 2.15. The molecule has 0 atom stereocenters. The van der Waals surface area contributed by atoms with Gasteiger partial charge in [0.05, 0.1) is 27.0 Å². The number of carbonyl (C=O) groups excluding carboxylic acids is 1. The van der Waals surface area contributed by atoms with Gasteiger partial charge in [0.1, 0.15) is 6.54 Å². The van der Waals surface area contributed by atoms with Crippen LogP contribution in [0.25, 0.3) is 0 Å². The standard InChI is InChI=1S/C11H7Cl3N4O3/c12-5-1-7(14)8(2-6(5)13)15-11(21)9-3-18(17-16-9)4-10(19)20/h1-3H,4H2,(H,15,21)(H,19,20). The molecule has 21 heavy (non-hydrogen) atoms. The number of amides is 1. The summed E-state index contributed by atoms with van der Waals surface area (Å²) in [5, 5.41) is 18.9. The van der Waals surface area contributed by atoms with E-state index in [-0.39, 0.29) is 26.4 Å². The molecule has 0 saturated carbocycles. The number of aromatic nitrogens is 3. The third kappa shape index (κ3) is 3.84. The number of aliphatic carboxylic acids is 1. The second kappa shape index (κ2) is 6.30. The smallest absolute Gasteiger partial charge is 0.325 e. The van der Waals surface area contributed by atoms with E-state index in [0.29, 0.717) is 0 Å². The van der Waals surface area contributed by atoms with E-state index in [4.69, 9.17) is 39.9 Å². The molecule has 1 heterocycles. The summed E-state index contributed by atoms with van der Waals surface area (Å²) in [6.45, 7) is -0.395. The predicted molar refractivity (Wildman–Crippen MR) is 77.1 cm³/mol. The summed E-state index contributed by atoms with van der Waals surface area (Å²) >= 11 is 17.5. The lowest BCUT2D eigenvalue weighted by Crippen LogP contribution is -2.13. The number of carboxylic acids is 1. The van der Waals surface area contributed by atoms with Crippen molar-refractivity contribution in [2.75, 3.05) is 5.32 Å². The summed E-state index contributed by atoms with van der Waals surface area (Å²) in [6, 6.07) is 2.79. The Labute approximate surface area is 133 Å². The zero-order valence-electron chi connectivity index (χ0n) is 10.2. The normalized spacial score (nSPS) is 10.4. The van der Waals surface area contributed by atoms with Gasteiger partial charge in [-0.05, 0) is 12.1 Å². The highest BCUT2D eigenvalue weighted by atomic mass is 35.5. The molecule has 0 spiro atoms. The van der Waals surface area contributed by atoms with Gasteiger partial charge in [-0.15, -0.1) is 5.10 Å². The van der Waals surface area contributed by atoms with Crippen LogP contribution in [0.1, 0.15) is 10.5 Å². The molecule has 2 rings (SSSR count). The van der Waals surface area contributed by atoms with Crippen LogP contribution in [0, 0.1) is 0 Å². The minimum absolute atomic E-state index is 0.0570. The van der Waals surface area contributed by atoms with Gasteiger partial charge in [0.15, 0.2) is 5.69 Å². The Morgan fingerprint density at radius 2 is 1.86 bits per heavy atom. The Morgan fingerprint density at radius 3 is 2.52 bits per heavy atom. The van der Waals surface area contributed by atoms with Gasteiger partial charge in [0.25, 0.3) is 5.91 Å². The average Bonchev–Trinajstić information content (AvgIpc) is 2.83. The van der Waals surface area contributed by atoms with E-state index >= 15 is 0 Å². The number of anilines is 1. The fourth-order valence-corrected chi connectivity index (χ4v) is 2.02. The van der Waals surface area contributed by atoms with Gasteiger partial charge in [0.2, 0.25) is 0 Å². The molecule has 1 aromatic carbocycles.